The average Bonchev–Trinajstić information content (AvgIpc) is 3.19. The molecule has 0 saturated carbocycles. The lowest BCUT2D eigenvalue weighted by Crippen LogP contribution is -2.36. The number of benzene rings is 4. The van der Waals surface area contributed by atoms with Gasteiger partial charge in [0.2, 0.25) is 5.91 Å². The van der Waals surface area contributed by atoms with Crippen LogP contribution in [0, 0.1) is 13.8 Å². The topological polar surface area (TPSA) is 84.9 Å². The lowest BCUT2D eigenvalue weighted by molar-refractivity contribution is -0.127. The van der Waals surface area contributed by atoms with Crippen LogP contribution in [-0.2, 0) is 16.2 Å². The predicted molar refractivity (Wildman–Crippen MR) is 163 cm³/mol. The first-order chi connectivity index (χ1) is 19.8. The van der Waals surface area contributed by atoms with Gasteiger partial charge in [-0.2, -0.15) is 0 Å². The molecule has 4 aromatic carbocycles. The first-order valence-electron chi connectivity index (χ1n) is 13.3. The van der Waals surface area contributed by atoms with E-state index in [9.17, 15) is 14.4 Å². The molecule has 1 fully saturated rings. The Morgan fingerprint density at radius 1 is 0.902 bits per heavy atom. The molecule has 0 unspecified atom stereocenters. The zero-order valence-electron chi connectivity index (χ0n) is 23.1. The number of nitrogens with zero attached hydrogens (tertiary/aromatic N) is 1. The van der Waals surface area contributed by atoms with E-state index in [2.05, 4.69) is 23.5 Å². The summed E-state index contributed by atoms with van der Waals surface area (Å²) in [4.78, 5) is 39.5. The van der Waals surface area contributed by atoms with Gasteiger partial charge in [-0.3, -0.25) is 19.3 Å². The number of rotatable bonds is 9. The quantitative estimate of drug-likeness (QED) is 0.217. The fourth-order valence-electron chi connectivity index (χ4n) is 4.75. The number of amides is 3. The Labute approximate surface area is 243 Å². The van der Waals surface area contributed by atoms with Crippen molar-refractivity contribution in [2.24, 2.45) is 0 Å². The van der Waals surface area contributed by atoms with Gasteiger partial charge in [-0.25, -0.2) is 0 Å². The number of carbonyl (C=O) groups excluding carboxylic acids is 3. The molecule has 4 aromatic rings. The van der Waals surface area contributed by atoms with E-state index in [0.29, 0.717) is 36.0 Å². The van der Waals surface area contributed by atoms with Gasteiger partial charge in [-0.15, -0.1) is 0 Å². The summed E-state index contributed by atoms with van der Waals surface area (Å²) < 4.78 is 12.0. The highest BCUT2D eigenvalue weighted by molar-refractivity contribution is 8.18. The molecule has 7 nitrogen and oxygen atoms in total. The lowest BCUT2D eigenvalue weighted by atomic mass is 10.1. The Kier molecular flexibility index (Phi) is 8.40. The smallest absolute Gasteiger partial charge is 0.294 e. The highest BCUT2D eigenvalue weighted by atomic mass is 32.2. The summed E-state index contributed by atoms with van der Waals surface area (Å²) in [7, 11) is 0. The summed E-state index contributed by atoms with van der Waals surface area (Å²) in [5, 5.41) is 4.56. The molecule has 1 aliphatic heterocycles. The van der Waals surface area contributed by atoms with Crippen molar-refractivity contribution in [2.75, 3.05) is 18.5 Å². The zero-order chi connectivity index (χ0) is 28.9. The van der Waals surface area contributed by atoms with Gasteiger partial charge in [0, 0.05) is 5.69 Å². The number of nitrogens with one attached hydrogen (secondary N) is 1. The van der Waals surface area contributed by atoms with E-state index in [1.165, 1.54) is 0 Å². The highest BCUT2D eigenvalue weighted by Crippen LogP contribution is 2.35. The van der Waals surface area contributed by atoms with E-state index in [4.69, 9.17) is 9.47 Å². The molecule has 0 atom stereocenters. The Balaban J connectivity index is 1.29. The molecular weight excluding hydrogens is 536 g/mol. The van der Waals surface area contributed by atoms with Crippen molar-refractivity contribution in [3.63, 3.8) is 0 Å². The number of hydrogen-bond acceptors (Lipinski definition) is 6. The molecule has 0 radical (unpaired) electrons. The first kappa shape index (κ1) is 28.0. The van der Waals surface area contributed by atoms with Gasteiger partial charge in [0.1, 0.15) is 13.2 Å². The van der Waals surface area contributed by atoms with E-state index in [0.717, 1.165) is 44.1 Å². The van der Waals surface area contributed by atoms with Crippen LogP contribution in [0.3, 0.4) is 0 Å². The maximum atomic E-state index is 13.0. The minimum atomic E-state index is -0.509. The maximum Gasteiger partial charge on any atom is 0.294 e. The summed E-state index contributed by atoms with van der Waals surface area (Å²) in [5.41, 5.74) is 4.37. The fourth-order valence-corrected chi connectivity index (χ4v) is 5.59. The van der Waals surface area contributed by atoms with Crippen molar-refractivity contribution in [3.8, 4) is 11.5 Å². The Hall–Kier alpha value is -4.56. The molecule has 0 spiro atoms. The second-order valence-electron chi connectivity index (χ2n) is 9.76. The third kappa shape index (κ3) is 6.61. The van der Waals surface area contributed by atoms with Crippen molar-refractivity contribution < 1.29 is 23.9 Å². The Morgan fingerprint density at radius 2 is 1.66 bits per heavy atom. The molecule has 0 aromatic heterocycles. The van der Waals surface area contributed by atoms with Crippen LogP contribution in [0.4, 0.5) is 10.5 Å². The Bertz CT molecular complexity index is 1650. The molecule has 0 aliphatic carbocycles. The number of imide groups is 1. The van der Waals surface area contributed by atoms with Crippen LogP contribution in [0.2, 0.25) is 0 Å². The summed E-state index contributed by atoms with van der Waals surface area (Å²) in [6, 6.07) is 25.3. The third-order valence-corrected chi connectivity index (χ3v) is 7.42. The molecule has 1 aliphatic rings. The fraction of sp³-hybridized carbons (Fsp3) is 0.182. The monoisotopic (exact) mass is 566 g/mol. The van der Waals surface area contributed by atoms with Crippen LogP contribution < -0.4 is 14.8 Å². The summed E-state index contributed by atoms with van der Waals surface area (Å²) in [6.07, 6.45) is 1.63. The van der Waals surface area contributed by atoms with Gasteiger partial charge < -0.3 is 14.8 Å². The number of fused-ring (bicyclic) bond motifs is 1. The molecule has 0 bridgehead atoms. The van der Waals surface area contributed by atoms with Gasteiger partial charge in [0.25, 0.3) is 11.1 Å². The molecule has 208 valence electrons. The van der Waals surface area contributed by atoms with Crippen LogP contribution in [-0.4, -0.2) is 35.1 Å². The summed E-state index contributed by atoms with van der Waals surface area (Å²) in [5.74, 6) is 0.163. The number of ether oxygens (including phenoxy) is 2. The van der Waals surface area contributed by atoms with E-state index < -0.39 is 17.1 Å². The van der Waals surface area contributed by atoms with E-state index in [-0.39, 0.29) is 11.4 Å². The summed E-state index contributed by atoms with van der Waals surface area (Å²) in [6.45, 7) is 6.19. The number of hydrogen-bond donors (Lipinski definition) is 1. The Morgan fingerprint density at radius 3 is 2.44 bits per heavy atom. The minimum absolute atomic E-state index is 0.237. The number of thioether (sulfide) groups is 1. The first-order valence-corrected chi connectivity index (χ1v) is 14.1. The number of aryl methyl sites for hydroxylation is 2. The predicted octanol–water partition coefficient (Wildman–Crippen LogP) is 7.11. The van der Waals surface area contributed by atoms with Crippen LogP contribution in [0.15, 0.2) is 83.8 Å². The van der Waals surface area contributed by atoms with Crippen LogP contribution >= 0.6 is 11.8 Å². The van der Waals surface area contributed by atoms with E-state index in [1.54, 1.807) is 18.2 Å². The lowest BCUT2D eigenvalue weighted by Gasteiger charge is -2.14. The van der Waals surface area contributed by atoms with Crippen LogP contribution in [0.25, 0.3) is 16.8 Å². The third-order valence-electron chi connectivity index (χ3n) is 6.51. The van der Waals surface area contributed by atoms with Crippen molar-refractivity contribution in [1.29, 1.82) is 0 Å². The molecule has 8 heteroatoms. The molecular formula is C33H30N2O5S. The molecule has 1 heterocycles. The molecule has 41 heavy (non-hydrogen) atoms. The number of carbonyl (C=O) groups is 3. The molecule has 5 rings (SSSR count). The van der Waals surface area contributed by atoms with Gasteiger partial charge in [-0.1, -0.05) is 54.6 Å². The largest absolute Gasteiger partial charge is 0.490 e. The zero-order valence-corrected chi connectivity index (χ0v) is 23.9. The van der Waals surface area contributed by atoms with Crippen molar-refractivity contribution >= 4 is 51.4 Å². The molecule has 3 amide bonds. The van der Waals surface area contributed by atoms with E-state index in [1.807, 2.05) is 69.3 Å². The van der Waals surface area contributed by atoms with Gasteiger partial charge in [0.15, 0.2) is 11.5 Å². The van der Waals surface area contributed by atoms with Crippen molar-refractivity contribution in [1.82, 2.24) is 4.90 Å². The SMILES string of the molecule is CCOc1cc(/C=C2/SC(=O)N(CC(=O)Nc3cc(C)cc(C)c3)C2=O)ccc1OCc1cccc2ccccc12. The summed E-state index contributed by atoms with van der Waals surface area (Å²) >= 11 is 0.808. The average molecular weight is 567 g/mol. The van der Waals surface area contributed by atoms with Crippen LogP contribution in [0.5, 0.6) is 11.5 Å². The second kappa shape index (κ2) is 12.3. The van der Waals surface area contributed by atoms with Gasteiger partial charge in [0.05, 0.1) is 11.5 Å². The van der Waals surface area contributed by atoms with Gasteiger partial charge in [-0.05, 0) is 95.9 Å². The van der Waals surface area contributed by atoms with Crippen LogP contribution in [0.1, 0.15) is 29.2 Å². The minimum Gasteiger partial charge on any atom is -0.490 e. The second-order valence-corrected chi connectivity index (χ2v) is 10.8. The number of anilines is 1. The highest BCUT2D eigenvalue weighted by Gasteiger charge is 2.36. The standard InChI is InChI=1S/C33H30N2O5S/c1-4-39-29-17-23(12-13-28(29)40-20-25-10-7-9-24-8-5-6-11-27(24)25)18-30-32(37)35(33(38)41-30)19-31(36)34-26-15-21(2)14-22(3)16-26/h5-18H,4,19-20H2,1-3H3,(H,34,36)/b30-18+. The molecule has 1 saturated heterocycles. The van der Waals surface area contributed by atoms with Crippen molar-refractivity contribution in [2.45, 2.75) is 27.4 Å². The van der Waals surface area contributed by atoms with Crippen molar-refractivity contribution in [3.05, 3.63) is 106 Å². The van der Waals surface area contributed by atoms with Gasteiger partial charge >= 0.3 is 0 Å². The normalized spacial score (nSPS) is 14.1. The molecule has 1 N–H and O–H groups in total. The van der Waals surface area contributed by atoms with E-state index >= 15 is 0 Å². The maximum absolute atomic E-state index is 13.0.